The standard InChI is InChI=1S/C41H56N4O4/c1-8-10-16-44-17-12-13-28-21-30(32(23-34(28)44)42-36(46)19-25(3)4)38-40(48)39(41(38)49)31-22-29-15-14-27(7)45(18-11-9-2)35(29)24-33(31)43-37(47)20-26(5)6/h21-27H,8-20H2,1-7H3,(H2,42,43,46,47,48,49). The maximum Gasteiger partial charge on any atom is 0.224 e. The van der Waals surface area contributed by atoms with Gasteiger partial charge in [0.1, 0.15) is 13.1 Å². The van der Waals surface area contributed by atoms with Crippen molar-refractivity contribution in [2.75, 3.05) is 35.2 Å². The van der Waals surface area contributed by atoms with Crippen LogP contribution in [0.3, 0.4) is 0 Å². The molecule has 8 nitrogen and oxygen atoms in total. The van der Waals surface area contributed by atoms with E-state index in [9.17, 15) is 19.5 Å². The summed E-state index contributed by atoms with van der Waals surface area (Å²) in [6, 6.07) is 8.25. The lowest BCUT2D eigenvalue weighted by molar-refractivity contribution is -0.292. The summed E-state index contributed by atoms with van der Waals surface area (Å²) < 4.78 is 2.36. The number of aryl methyl sites for hydroxylation is 2. The van der Waals surface area contributed by atoms with Gasteiger partial charge in [-0.2, -0.15) is 0 Å². The average molecular weight is 669 g/mol. The largest absolute Gasteiger partial charge is 0.871 e. The molecule has 2 aromatic carbocycles. The molecular formula is C41H56N4O4. The zero-order valence-corrected chi connectivity index (χ0v) is 30.8. The first kappa shape index (κ1) is 36.3. The van der Waals surface area contributed by atoms with Crippen molar-refractivity contribution in [3.63, 3.8) is 0 Å². The number of ketones is 1. The molecule has 0 aromatic heterocycles. The monoisotopic (exact) mass is 668 g/mol. The summed E-state index contributed by atoms with van der Waals surface area (Å²) in [5.74, 6) is -0.628. The summed E-state index contributed by atoms with van der Waals surface area (Å²) in [6.07, 6.45) is 8.62. The zero-order chi connectivity index (χ0) is 35.4. The highest BCUT2D eigenvalue weighted by Gasteiger charge is 2.34. The van der Waals surface area contributed by atoms with Crippen LogP contribution in [-0.4, -0.2) is 43.3 Å². The molecule has 0 fully saturated rings. The number of hydrogen-bond acceptors (Lipinski definition) is 5. The number of amides is 2. The van der Waals surface area contributed by atoms with Crippen molar-refractivity contribution in [1.82, 2.24) is 4.58 Å². The Hall–Kier alpha value is -3.94. The molecule has 1 unspecified atom stereocenters. The summed E-state index contributed by atoms with van der Waals surface area (Å²) >= 11 is 0. The Balaban J connectivity index is 1.69. The first-order valence-electron chi connectivity index (χ1n) is 18.7. The van der Waals surface area contributed by atoms with E-state index in [1.807, 2.05) is 52.0 Å². The van der Waals surface area contributed by atoms with Crippen LogP contribution in [0.15, 0.2) is 30.0 Å². The number of nitrogens with one attached hydrogen (secondary N) is 2. The Kier molecular flexibility index (Phi) is 11.7. The topological polar surface area (TPSA) is 105 Å². The second-order valence-electron chi connectivity index (χ2n) is 15.1. The number of carbonyl (C=O) groups is 3. The van der Waals surface area contributed by atoms with E-state index in [0.29, 0.717) is 41.0 Å². The fraction of sp³-hybridized carbons (Fsp3) is 0.561. The van der Waals surface area contributed by atoms with Crippen molar-refractivity contribution < 1.29 is 19.5 Å². The maximum absolute atomic E-state index is 14.3. The lowest BCUT2D eigenvalue weighted by Gasteiger charge is -2.39. The summed E-state index contributed by atoms with van der Waals surface area (Å²) in [7, 11) is 0. The van der Waals surface area contributed by atoms with Gasteiger partial charge in [0.25, 0.3) is 0 Å². The molecule has 49 heavy (non-hydrogen) atoms. The Labute approximate surface area is 292 Å². The molecule has 2 heterocycles. The molecular weight excluding hydrogens is 612 g/mol. The smallest absolute Gasteiger partial charge is 0.224 e. The van der Waals surface area contributed by atoms with Gasteiger partial charge in [-0.1, -0.05) is 60.1 Å². The molecule has 264 valence electrons. The number of Topliss-reactive ketones (excluding diaryl/α,β-unsaturated/α-hetero) is 1. The van der Waals surface area contributed by atoms with Crippen LogP contribution in [0.1, 0.15) is 117 Å². The van der Waals surface area contributed by atoms with Gasteiger partial charge in [-0.05, 0) is 68.2 Å². The van der Waals surface area contributed by atoms with Gasteiger partial charge >= 0.3 is 0 Å². The quantitative estimate of drug-likeness (QED) is 0.281. The first-order valence-corrected chi connectivity index (χ1v) is 18.7. The van der Waals surface area contributed by atoms with E-state index in [2.05, 4.69) is 40.9 Å². The zero-order valence-electron chi connectivity index (χ0n) is 30.8. The number of anilines is 3. The molecule has 0 bridgehead atoms. The number of unbranched alkanes of at least 4 members (excludes halogenated alkanes) is 2. The molecule has 2 amide bonds. The van der Waals surface area contributed by atoms with Crippen LogP contribution >= 0.6 is 0 Å². The molecule has 2 aromatic rings. The average Bonchev–Trinajstić information content (AvgIpc) is 3.03. The van der Waals surface area contributed by atoms with E-state index < -0.39 is 0 Å². The highest BCUT2D eigenvalue weighted by molar-refractivity contribution is 6.52. The Morgan fingerprint density at radius 1 is 0.898 bits per heavy atom. The number of benzene rings is 2. The fourth-order valence-electron chi connectivity index (χ4n) is 7.46. The third-order valence-electron chi connectivity index (χ3n) is 10.0. The van der Waals surface area contributed by atoms with Crippen LogP contribution in [0.2, 0.25) is 0 Å². The van der Waals surface area contributed by atoms with Gasteiger partial charge in [0, 0.05) is 77.5 Å². The Morgan fingerprint density at radius 2 is 1.57 bits per heavy atom. The normalized spacial score (nSPS) is 18.5. The van der Waals surface area contributed by atoms with Gasteiger partial charge in [-0.15, -0.1) is 0 Å². The first-order chi connectivity index (χ1) is 23.4. The Morgan fingerprint density at radius 3 is 2.20 bits per heavy atom. The highest BCUT2D eigenvalue weighted by Crippen LogP contribution is 2.43. The molecule has 0 radical (unpaired) electrons. The van der Waals surface area contributed by atoms with E-state index in [4.69, 9.17) is 0 Å². The van der Waals surface area contributed by atoms with Crippen molar-refractivity contribution >= 4 is 45.8 Å². The summed E-state index contributed by atoms with van der Waals surface area (Å²) in [4.78, 5) is 42.9. The molecule has 2 aliphatic heterocycles. The van der Waals surface area contributed by atoms with Crippen molar-refractivity contribution in [2.24, 2.45) is 11.8 Å². The fourth-order valence-corrected chi connectivity index (χ4v) is 7.46. The van der Waals surface area contributed by atoms with Crippen molar-refractivity contribution in [3.05, 3.63) is 57.3 Å². The van der Waals surface area contributed by atoms with E-state index in [1.54, 1.807) is 0 Å². The maximum atomic E-state index is 14.3. The molecule has 1 atom stereocenters. The van der Waals surface area contributed by atoms with Gasteiger partial charge in [0.05, 0.1) is 11.4 Å². The van der Waals surface area contributed by atoms with Gasteiger partial charge in [-0.25, -0.2) is 4.58 Å². The third-order valence-corrected chi connectivity index (χ3v) is 10.0. The lowest BCUT2D eigenvalue weighted by Crippen LogP contribution is -2.41. The second kappa shape index (κ2) is 15.7. The Bertz CT molecular complexity index is 1770. The number of rotatable bonds is 13. The van der Waals surface area contributed by atoms with Gasteiger partial charge < -0.3 is 20.6 Å². The van der Waals surface area contributed by atoms with Crippen LogP contribution in [0, 0.1) is 11.8 Å². The summed E-state index contributed by atoms with van der Waals surface area (Å²) in [6.45, 7) is 17.3. The van der Waals surface area contributed by atoms with Crippen LogP contribution < -0.4 is 35.8 Å². The molecule has 1 aliphatic carbocycles. The minimum atomic E-state index is -0.339. The molecule has 8 heteroatoms. The van der Waals surface area contributed by atoms with Crippen LogP contribution in [0.25, 0.3) is 11.1 Å². The molecule has 5 rings (SSSR count). The number of carbonyl (C=O) groups excluding carboxylic acids is 3. The summed E-state index contributed by atoms with van der Waals surface area (Å²) in [5.41, 5.74) is 4.99. The minimum absolute atomic E-state index is 0.109. The summed E-state index contributed by atoms with van der Waals surface area (Å²) in [5, 5.41) is 22.0. The van der Waals surface area contributed by atoms with Crippen molar-refractivity contribution in [1.29, 1.82) is 0 Å². The second-order valence-corrected chi connectivity index (χ2v) is 15.1. The van der Waals surface area contributed by atoms with Gasteiger partial charge in [-0.3, -0.25) is 14.4 Å². The number of nitrogens with zero attached hydrogens (tertiary/aromatic N) is 2. The third kappa shape index (κ3) is 7.94. The number of allylic oxidation sites excluding steroid dienone is 2. The van der Waals surface area contributed by atoms with E-state index >= 15 is 0 Å². The van der Waals surface area contributed by atoms with Crippen molar-refractivity contribution in [2.45, 2.75) is 119 Å². The SMILES string of the molecule is CCCCN1c2cc(NC(=O)CC(C)C)c(C3=C([O-])/C(=c4\cc5c(cc4NC(=O)CC(C)C)=[N+](CCCC)CCC5)C3=O)cc2CCC1C. The number of fused-ring (bicyclic) bond motifs is 2. The van der Waals surface area contributed by atoms with Gasteiger partial charge in [0.15, 0.2) is 5.78 Å². The lowest BCUT2D eigenvalue weighted by atomic mass is 9.79. The predicted molar refractivity (Wildman–Crippen MR) is 198 cm³/mol. The van der Waals surface area contributed by atoms with Crippen molar-refractivity contribution in [3.8, 4) is 0 Å². The van der Waals surface area contributed by atoms with E-state index in [0.717, 1.165) is 93.2 Å². The van der Waals surface area contributed by atoms with Gasteiger partial charge in [0.2, 0.25) is 17.2 Å². The molecule has 0 saturated carbocycles. The van der Waals surface area contributed by atoms with Crippen LogP contribution in [-0.2, 0) is 27.2 Å². The van der Waals surface area contributed by atoms with E-state index in [1.165, 1.54) is 0 Å². The molecule has 2 N–H and O–H groups in total. The molecule has 3 aliphatic rings. The van der Waals surface area contributed by atoms with Crippen LogP contribution in [0.4, 0.5) is 17.1 Å². The molecule has 0 spiro atoms. The highest BCUT2D eigenvalue weighted by atomic mass is 16.3. The number of hydrogen-bond donors (Lipinski definition) is 2. The minimum Gasteiger partial charge on any atom is -0.871 e. The van der Waals surface area contributed by atoms with Crippen LogP contribution in [0.5, 0.6) is 0 Å². The van der Waals surface area contributed by atoms with E-state index in [-0.39, 0.29) is 46.3 Å². The predicted octanol–water partition coefficient (Wildman–Crippen LogP) is 5.34. The molecule has 0 saturated heterocycles.